The molecule has 2 aliphatic heterocycles. The minimum absolute atomic E-state index is 0.100. The van der Waals surface area contributed by atoms with E-state index in [1.54, 1.807) is 18.2 Å². The minimum Gasteiger partial charge on any atom is -0.494 e. The predicted octanol–water partition coefficient (Wildman–Crippen LogP) is 1.96. The van der Waals surface area contributed by atoms with Crippen LogP contribution in [0.15, 0.2) is 23.1 Å². The topological polar surface area (TPSA) is 70.2 Å². The van der Waals surface area contributed by atoms with Crippen molar-refractivity contribution in [2.45, 2.75) is 38.5 Å². The summed E-state index contributed by atoms with van der Waals surface area (Å²) in [6.45, 7) is 11.4. The van der Waals surface area contributed by atoms with Gasteiger partial charge in [-0.3, -0.25) is 4.79 Å². The Bertz CT molecular complexity index is 819. The van der Waals surface area contributed by atoms with E-state index in [1.165, 1.54) is 4.31 Å². The molecule has 0 unspecified atom stereocenters. The van der Waals surface area contributed by atoms with E-state index in [0.29, 0.717) is 25.3 Å². The van der Waals surface area contributed by atoms with Crippen LogP contribution in [0.25, 0.3) is 0 Å². The van der Waals surface area contributed by atoms with Crippen LogP contribution >= 0.6 is 0 Å². The molecule has 0 saturated carbocycles. The number of piperidine rings is 1. The number of nitrogens with zero attached hydrogens (tertiary/aromatic N) is 3. The number of benzene rings is 1. The van der Waals surface area contributed by atoms with E-state index in [4.69, 9.17) is 4.74 Å². The normalized spacial score (nSPS) is 21.9. The van der Waals surface area contributed by atoms with Crippen molar-refractivity contribution in [3.63, 3.8) is 0 Å². The summed E-state index contributed by atoms with van der Waals surface area (Å²) in [5, 5.41) is 0. The van der Waals surface area contributed by atoms with Crippen LogP contribution in [-0.2, 0) is 14.8 Å². The number of carbonyl (C=O) groups excluding carboxylic acids is 1. The van der Waals surface area contributed by atoms with E-state index in [-0.39, 0.29) is 23.3 Å². The Morgan fingerprint density at radius 2 is 1.86 bits per heavy atom. The molecule has 8 heteroatoms. The molecule has 3 rings (SSSR count). The maximum absolute atomic E-state index is 13.2. The molecule has 162 valence electrons. The summed E-state index contributed by atoms with van der Waals surface area (Å²) in [5.74, 6) is 0.545. The van der Waals surface area contributed by atoms with Crippen molar-refractivity contribution in [1.82, 2.24) is 14.1 Å². The molecule has 2 aliphatic rings. The van der Waals surface area contributed by atoms with E-state index < -0.39 is 10.0 Å². The zero-order valence-electron chi connectivity index (χ0n) is 17.8. The molecule has 0 aliphatic carbocycles. The Balaban J connectivity index is 1.69. The Morgan fingerprint density at radius 1 is 1.14 bits per heavy atom. The summed E-state index contributed by atoms with van der Waals surface area (Å²) in [4.78, 5) is 17.5. The van der Waals surface area contributed by atoms with Gasteiger partial charge in [0.25, 0.3) is 0 Å². The highest BCUT2D eigenvalue weighted by atomic mass is 32.2. The van der Waals surface area contributed by atoms with Gasteiger partial charge < -0.3 is 14.5 Å². The van der Waals surface area contributed by atoms with E-state index >= 15 is 0 Å². The third-order valence-corrected chi connectivity index (χ3v) is 7.81. The molecule has 0 N–H and O–H groups in total. The highest BCUT2D eigenvalue weighted by Crippen LogP contribution is 2.28. The molecule has 2 heterocycles. The molecule has 1 aromatic rings. The Kier molecular flexibility index (Phi) is 7.19. The lowest BCUT2D eigenvalue weighted by Gasteiger charge is -2.38. The van der Waals surface area contributed by atoms with Gasteiger partial charge in [0.05, 0.1) is 17.4 Å². The van der Waals surface area contributed by atoms with Crippen LogP contribution in [0.3, 0.4) is 0 Å². The maximum atomic E-state index is 13.2. The molecule has 0 radical (unpaired) electrons. The molecule has 0 aromatic heterocycles. The van der Waals surface area contributed by atoms with Crippen molar-refractivity contribution in [2.24, 2.45) is 5.92 Å². The first-order valence-electron chi connectivity index (χ1n) is 10.6. The molecular formula is C21H33N3O4S. The Hall–Kier alpha value is -1.64. The summed E-state index contributed by atoms with van der Waals surface area (Å²) in [6.07, 6.45) is 1.46. The third kappa shape index (κ3) is 4.92. The molecule has 29 heavy (non-hydrogen) atoms. The summed E-state index contributed by atoms with van der Waals surface area (Å²) in [6, 6.07) is 4.98. The minimum atomic E-state index is -3.63. The predicted molar refractivity (Wildman–Crippen MR) is 113 cm³/mol. The first-order valence-corrected chi connectivity index (χ1v) is 12.1. The average Bonchev–Trinajstić information content (AvgIpc) is 2.75. The van der Waals surface area contributed by atoms with Gasteiger partial charge in [-0.15, -0.1) is 0 Å². The van der Waals surface area contributed by atoms with Crippen molar-refractivity contribution in [1.29, 1.82) is 0 Å². The van der Waals surface area contributed by atoms with Crippen LogP contribution < -0.4 is 4.74 Å². The number of piperazine rings is 1. The number of aryl methyl sites for hydroxylation is 1. The molecule has 2 fully saturated rings. The van der Waals surface area contributed by atoms with E-state index in [9.17, 15) is 13.2 Å². The number of amides is 1. The highest BCUT2D eigenvalue weighted by molar-refractivity contribution is 7.89. The Morgan fingerprint density at radius 3 is 2.48 bits per heavy atom. The number of hydrogen-bond acceptors (Lipinski definition) is 5. The fourth-order valence-corrected chi connectivity index (χ4v) is 5.76. The number of sulfonamides is 1. The van der Waals surface area contributed by atoms with E-state index in [2.05, 4.69) is 11.8 Å². The zero-order valence-corrected chi connectivity index (χ0v) is 18.6. The Labute approximate surface area is 174 Å². The van der Waals surface area contributed by atoms with E-state index in [0.717, 1.165) is 44.7 Å². The number of rotatable bonds is 6. The van der Waals surface area contributed by atoms with Crippen LogP contribution in [0, 0.1) is 12.8 Å². The molecule has 2 saturated heterocycles. The largest absolute Gasteiger partial charge is 0.494 e. The first-order chi connectivity index (χ1) is 13.9. The molecule has 0 spiro atoms. The second kappa shape index (κ2) is 9.45. The quantitative estimate of drug-likeness (QED) is 0.700. The summed E-state index contributed by atoms with van der Waals surface area (Å²) in [5.41, 5.74) is 0.798. The van der Waals surface area contributed by atoms with Gasteiger partial charge in [0.15, 0.2) is 0 Å². The fraction of sp³-hybridized carbons (Fsp3) is 0.667. The molecule has 1 aromatic carbocycles. The van der Waals surface area contributed by atoms with Crippen molar-refractivity contribution in [2.75, 3.05) is 52.4 Å². The number of hydrogen-bond donors (Lipinski definition) is 0. The van der Waals surface area contributed by atoms with Gasteiger partial charge >= 0.3 is 0 Å². The van der Waals surface area contributed by atoms with Crippen LogP contribution in [-0.4, -0.2) is 80.9 Å². The lowest BCUT2D eigenvalue weighted by atomic mass is 9.98. The monoisotopic (exact) mass is 423 g/mol. The van der Waals surface area contributed by atoms with Gasteiger partial charge in [-0.25, -0.2) is 8.42 Å². The van der Waals surface area contributed by atoms with E-state index in [1.807, 2.05) is 18.7 Å². The van der Waals surface area contributed by atoms with Crippen LogP contribution in [0.4, 0.5) is 0 Å². The van der Waals surface area contributed by atoms with Crippen molar-refractivity contribution in [3.05, 3.63) is 23.8 Å². The fourth-order valence-electron chi connectivity index (χ4n) is 4.15. The molecule has 0 bridgehead atoms. The van der Waals surface area contributed by atoms with Crippen LogP contribution in [0.5, 0.6) is 5.75 Å². The zero-order chi connectivity index (χ0) is 21.0. The second-order valence-corrected chi connectivity index (χ2v) is 9.76. The number of carbonyl (C=O) groups is 1. The molecule has 1 atom stereocenters. The SMILES string of the molecule is CCOc1ccc(S(=O)(=O)N2CCC[C@H](C(=O)N3CCN(CC)CC3)C2)cc1C. The second-order valence-electron chi connectivity index (χ2n) is 7.82. The third-order valence-electron chi connectivity index (χ3n) is 5.95. The summed E-state index contributed by atoms with van der Waals surface area (Å²) < 4.78 is 33.4. The highest BCUT2D eigenvalue weighted by Gasteiger charge is 2.35. The van der Waals surface area contributed by atoms with Crippen molar-refractivity contribution in [3.8, 4) is 5.75 Å². The first kappa shape index (κ1) is 22.1. The van der Waals surface area contributed by atoms with Crippen LogP contribution in [0.1, 0.15) is 32.3 Å². The van der Waals surface area contributed by atoms with Gasteiger partial charge in [-0.1, -0.05) is 6.92 Å². The number of likely N-dealkylation sites (N-methyl/N-ethyl adjacent to an activating group) is 1. The van der Waals surface area contributed by atoms with Gasteiger partial charge in [0, 0.05) is 39.3 Å². The lowest BCUT2D eigenvalue weighted by Crippen LogP contribution is -2.52. The number of ether oxygens (including phenoxy) is 1. The van der Waals surface area contributed by atoms with Crippen LogP contribution in [0.2, 0.25) is 0 Å². The summed E-state index contributed by atoms with van der Waals surface area (Å²) in [7, 11) is -3.63. The van der Waals surface area contributed by atoms with Gasteiger partial charge in [-0.2, -0.15) is 4.31 Å². The molecule has 7 nitrogen and oxygen atoms in total. The van der Waals surface area contributed by atoms with Gasteiger partial charge in [0.1, 0.15) is 5.75 Å². The van der Waals surface area contributed by atoms with Crippen molar-refractivity contribution < 1.29 is 17.9 Å². The summed E-state index contributed by atoms with van der Waals surface area (Å²) >= 11 is 0. The lowest BCUT2D eigenvalue weighted by molar-refractivity contribution is -0.138. The smallest absolute Gasteiger partial charge is 0.243 e. The average molecular weight is 424 g/mol. The van der Waals surface area contributed by atoms with Crippen molar-refractivity contribution >= 4 is 15.9 Å². The molecular weight excluding hydrogens is 390 g/mol. The van der Waals surface area contributed by atoms with Gasteiger partial charge in [-0.05, 0) is 57.0 Å². The maximum Gasteiger partial charge on any atom is 0.243 e. The standard InChI is InChI=1S/C21H33N3O4S/c1-4-22-11-13-23(14-12-22)21(25)18-7-6-10-24(16-18)29(26,27)19-8-9-20(28-5-2)17(3)15-19/h8-9,15,18H,4-7,10-14,16H2,1-3H3/t18-/m0/s1. The van der Waals surface area contributed by atoms with Gasteiger partial charge in [0.2, 0.25) is 15.9 Å². The molecule has 1 amide bonds.